The molecule has 0 fully saturated rings. The third-order valence-corrected chi connectivity index (χ3v) is 10.1. The Morgan fingerprint density at radius 2 is 1.24 bits per heavy atom. The fourth-order valence-electron chi connectivity index (χ4n) is 3.05. The highest BCUT2D eigenvalue weighted by Gasteiger charge is 2.31. The molecule has 0 saturated carbocycles. The summed E-state index contributed by atoms with van der Waals surface area (Å²) in [4.78, 5) is 0. The monoisotopic (exact) mass is 312 g/mol. The predicted molar refractivity (Wildman–Crippen MR) is 84.8 cm³/mol. The molecule has 0 aliphatic heterocycles. The topological polar surface area (TPSA) is 0 Å². The van der Waals surface area contributed by atoms with Gasteiger partial charge in [0.2, 0.25) is 0 Å². The third kappa shape index (κ3) is 3.96. The molecule has 0 heterocycles. The van der Waals surface area contributed by atoms with Gasteiger partial charge in [-0.05, 0) is 12.1 Å². The number of hydrogen-bond donors (Lipinski definition) is 0. The minimum Gasteiger partial charge on any atom is -0.0656 e. The zero-order valence-corrected chi connectivity index (χ0v) is 14.0. The van der Waals surface area contributed by atoms with Crippen molar-refractivity contribution in [2.24, 2.45) is 0 Å². The lowest BCUT2D eigenvalue weighted by Gasteiger charge is -2.32. The fourth-order valence-corrected chi connectivity index (χ4v) is 8.67. The van der Waals surface area contributed by atoms with Crippen molar-refractivity contribution in [3.05, 3.63) is 28.7 Å². The van der Waals surface area contributed by atoms with Crippen LogP contribution >= 0.6 is 15.9 Å². The first kappa shape index (κ1) is 15.0. The standard InChI is InChI=1S/C15H25BrSi/c1-4-11-17(12-5-2,13-6-3)15-9-7-14(16)8-10-15/h7-10H,4-6,11-13H2,1-3H3. The predicted octanol–water partition coefficient (Wildman–Crippen LogP) is 5.33. The van der Waals surface area contributed by atoms with Gasteiger partial charge in [0.1, 0.15) is 0 Å². The zero-order chi connectivity index (χ0) is 12.7. The summed E-state index contributed by atoms with van der Waals surface area (Å²) in [5.74, 6) is 0. The third-order valence-electron chi connectivity index (χ3n) is 3.64. The van der Waals surface area contributed by atoms with E-state index in [1.807, 2.05) is 0 Å². The van der Waals surface area contributed by atoms with Gasteiger partial charge in [-0.15, -0.1) is 0 Å². The Hall–Kier alpha value is -0.0831. The molecule has 0 unspecified atom stereocenters. The average molecular weight is 313 g/mol. The van der Waals surface area contributed by atoms with E-state index in [0.29, 0.717) is 0 Å². The highest BCUT2D eigenvalue weighted by atomic mass is 79.9. The molecule has 1 rings (SSSR count). The lowest BCUT2D eigenvalue weighted by molar-refractivity contribution is 0.937. The minimum atomic E-state index is -1.22. The largest absolute Gasteiger partial charge is 0.0866 e. The summed E-state index contributed by atoms with van der Waals surface area (Å²) in [7, 11) is -1.22. The minimum absolute atomic E-state index is 1.20. The normalized spacial score (nSPS) is 11.8. The first-order valence-corrected chi connectivity index (χ1v) is 10.4. The van der Waals surface area contributed by atoms with Gasteiger partial charge < -0.3 is 0 Å². The smallest absolute Gasteiger partial charge is 0.0656 e. The quantitative estimate of drug-likeness (QED) is 0.596. The molecule has 17 heavy (non-hydrogen) atoms. The van der Waals surface area contributed by atoms with Gasteiger partial charge in [-0.3, -0.25) is 0 Å². The van der Waals surface area contributed by atoms with Crippen molar-refractivity contribution in [3.8, 4) is 0 Å². The second-order valence-corrected chi connectivity index (χ2v) is 10.6. The molecule has 0 aliphatic rings. The molecule has 1 aromatic rings. The first-order chi connectivity index (χ1) is 8.18. The zero-order valence-electron chi connectivity index (χ0n) is 11.4. The van der Waals surface area contributed by atoms with Crippen LogP contribution in [0.25, 0.3) is 0 Å². The van der Waals surface area contributed by atoms with Crippen molar-refractivity contribution in [1.82, 2.24) is 0 Å². The van der Waals surface area contributed by atoms with Gasteiger partial charge in [-0.1, -0.05) is 91.4 Å². The van der Waals surface area contributed by atoms with Crippen LogP contribution in [-0.4, -0.2) is 8.07 Å². The highest BCUT2D eigenvalue weighted by molar-refractivity contribution is 9.10. The molecule has 0 spiro atoms. The molecule has 0 amide bonds. The van der Waals surface area contributed by atoms with Crippen molar-refractivity contribution in [3.63, 3.8) is 0 Å². The molecule has 96 valence electrons. The highest BCUT2D eigenvalue weighted by Crippen LogP contribution is 2.26. The lowest BCUT2D eigenvalue weighted by atomic mass is 10.4. The molecular weight excluding hydrogens is 288 g/mol. The summed E-state index contributed by atoms with van der Waals surface area (Å²) in [6.07, 6.45) is 4.01. The lowest BCUT2D eigenvalue weighted by Crippen LogP contribution is -2.47. The Kier molecular flexibility index (Phi) is 6.50. The average Bonchev–Trinajstić information content (AvgIpc) is 2.30. The first-order valence-electron chi connectivity index (χ1n) is 6.94. The van der Waals surface area contributed by atoms with Crippen LogP contribution in [0.2, 0.25) is 18.1 Å². The molecule has 0 N–H and O–H groups in total. The summed E-state index contributed by atoms with van der Waals surface area (Å²) in [6.45, 7) is 7.02. The summed E-state index contributed by atoms with van der Waals surface area (Å²) in [5.41, 5.74) is 0. The van der Waals surface area contributed by atoms with Crippen molar-refractivity contribution < 1.29 is 0 Å². The van der Waals surface area contributed by atoms with Crippen LogP contribution < -0.4 is 5.19 Å². The van der Waals surface area contributed by atoms with E-state index in [4.69, 9.17) is 0 Å². The van der Waals surface area contributed by atoms with E-state index in [1.54, 1.807) is 5.19 Å². The van der Waals surface area contributed by atoms with Crippen LogP contribution in [0.1, 0.15) is 40.0 Å². The van der Waals surface area contributed by atoms with Gasteiger partial charge in [0.05, 0.1) is 8.07 Å². The Morgan fingerprint density at radius 1 is 0.824 bits per heavy atom. The molecule has 1 aromatic carbocycles. The van der Waals surface area contributed by atoms with Crippen molar-refractivity contribution in [2.45, 2.75) is 58.2 Å². The molecule has 0 bridgehead atoms. The van der Waals surface area contributed by atoms with E-state index in [9.17, 15) is 0 Å². The van der Waals surface area contributed by atoms with Crippen molar-refractivity contribution in [1.29, 1.82) is 0 Å². The second-order valence-electron chi connectivity index (χ2n) is 5.04. The van der Waals surface area contributed by atoms with Gasteiger partial charge in [-0.25, -0.2) is 0 Å². The summed E-state index contributed by atoms with van der Waals surface area (Å²) < 4.78 is 1.20. The number of hydrogen-bond acceptors (Lipinski definition) is 0. The Labute approximate surface area is 116 Å². The van der Waals surface area contributed by atoms with Crippen molar-refractivity contribution >= 4 is 29.2 Å². The summed E-state index contributed by atoms with van der Waals surface area (Å²) in [5, 5.41) is 1.67. The van der Waals surface area contributed by atoms with Gasteiger partial charge >= 0.3 is 0 Å². The van der Waals surface area contributed by atoms with Crippen LogP contribution in [0.3, 0.4) is 0 Å². The summed E-state index contributed by atoms with van der Waals surface area (Å²) in [6, 6.07) is 13.5. The van der Waals surface area contributed by atoms with Gasteiger partial charge in [0.25, 0.3) is 0 Å². The van der Waals surface area contributed by atoms with Crippen LogP contribution in [0.15, 0.2) is 28.7 Å². The van der Waals surface area contributed by atoms with E-state index < -0.39 is 8.07 Å². The second kappa shape index (κ2) is 7.37. The van der Waals surface area contributed by atoms with Crippen LogP contribution in [0.5, 0.6) is 0 Å². The van der Waals surface area contributed by atoms with E-state index in [2.05, 4.69) is 61.0 Å². The SMILES string of the molecule is CCC[Si](CCC)(CCC)c1ccc(Br)cc1. The maximum atomic E-state index is 3.54. The van der Waals surface area contributed by atoms with E-state index in [-0.39, 0.29) is 0 Å². The molecular formula is C15H25BrSi. The Morgan fingerprint density at radius 3 is 1.59 bits per heavy atom. The molecule has 0 atom stereocenters. The van der Waals surface area contributed by atoms with E-state index in [0.717, 1.165) is 0 Å². The van der Waals surface area contributed by atoms with E-state index in [1.165, 1.54) is 41.9 Å². The Bertz CT molecular complexity index is 301. The van der Waals surface area contributed by atoms with Crippen molar-refractivity contribution in [2.75, 3.05) is 0 Å². The van der Waals surface area contributed by atoms with Gasteiger partial charge in [0, 0.05) is 4.47 Å². The van der Waals surface area contributed by atoms with Crippen LogP contribution in [-0.2, 0) is 0 Å². The maximum absolute atomic E-state index is 3.54. The van der Waals surface area contributed by atoms with Gasteiger partial charge in [0.15, 0.2) is 0 Å². The molecule has 0 aromatic heterocycles. The van der Waals surface area contributed by atoms with Crippen LogP contribution in [0, 0.1) is 0 Å². The molecule has 2 heteroatoms. The van der Waals surface area contributed by atoms with Crippen LogP contribution in [0.4, 0.5) is 0 Å². The van der Waals surface area contributed by atoms with E-state index >= 15 is 0 Å². The number of benzene rings is 1. The molecule has 0 aliphatic carbocycles. The Balaban J connectivity index is 3.04. The maximum Gasteiger partial charge on any atom is 0.0866 e. The summed E-state index contributed by atoms with van der Waals surface area (Å²) >= 11 is 3.54. The molecule has 0 radical (unpaired) electrons. The van der Waals surface area contributed by atoms with Gasteiger partial charge in [-0.2, -0.15) is 0 Å². The number of halogens is 1. The fraction of sp³-hybridized carbons (Fsp3) is 0.600. The molecule has 0 nitrogen and oxygen atoms in total. The molecule has 0 saturated heterocycles. The number of rotatable bonds is 7.